The number of nitriles is 1. The molecule has 0 aliphatic carbocycles. The van der Waals surface area contributed by atoms with Crippen LogP contribution in [0.4, 0.5) is 0 Å². The van der Waals surface area contributed by atoms with Crippen molar-refractivity contribution in [2.45, 2.75) is 63.7 Å². The topological polar surface area (TPSA) is 103 Å². The molecule has 2 N–H and O–H groups in total. The lowest BCUT2D eigenvalue weighted by molar-refractivity contribution is -0.134. The Bertz CT molecular complexity index is 1220. The summed E-state index contributed by atoms with van der Waals surface area (Å²) in [5.74, 6) is 1.27. The predicted octanol–water partition coefficient (Wildman–Crippen LogP) is 4.43. The first-order valence-electron chi connectivity index (χ1n) is 12.1. The van der Waals surface area contributed by atoms with E-state index in [1.54, 1.807) is 6.20 Å². The van der Waals surface area contributed by atoms with Crippen LogP contribution in [0.25, 0.3) is 10.9 Å². The van der Waals surface area contributed by atoms with Crippen LogP contribution in [0.3, 0.4) is 0 Å². The SMILES string of the molecule is C/C=C(\C=C/CC)C1CB(C#N)CCC1(O)c1ccc2ncc(C3CCC(=O)NC3=O)cc2c1. The summed E-state index contributed by atoms with van der Waals surface area (Å²) in [5, 5.41) is 24.9. The quantitative estimate of drug-likeness (QED) is 0.394. The van der Waals surface area contributed by atoms with Gasteiger partial charge in [-0.15, -0.1) is 0 Å². The lowest BCUT2D eigenvalue weighted by atomic mass is 9.37. The standard InChI is InChI=1S/C27H30BN3O3/c1-3-5-6-18(4-2)23-15-28(17-29)12-11-27(23,34)21-7-9-24-19(14-21)13-20(16-30-24)22-8-10-25(32)31-26(22)33/h4-7,9,13-14,16,22-23,34H,3,8,10-12,15H2,1-2H3,(H,31,32,33)/b6-5-,18-4+. The molecule has 7 heteroatoms. The summed E-state index contributed by atoms with van der Waals surface area (Å²) in [4.78, 5) is 28.4. The summed E-state index contributed by atoms with van der Waals surface area (Å²) >= 11 is 0. The summed E-state index contributed by atoms with van der Waals surface area (Å²) in [6, 6.07) is 7.74. The van der Waals surface area contributed by atoms with Crippen molar-refractivity contribution in [3.05, 3.63) is 65.4 Å². The van der Waals surface area contributed by atoms with Crippen molar-refractivity contribution in [3.8, 4) is 5.97 Å². The van der Waals surface area contributed by atoms with Gasteiger partial charge in [-0.1, -0.05) is 37.5 Å². The monoisotopic (exact) mass is 455 g/mol. The van der Waals surface area contributed by atoms with Crippen molar-refractivity contribution in [1.29, 1.82) is 5.26 Å². The number of imide groups is 1. The molecule has 6 nitrogen and oxygen atoms in total. The molecule has 3 heterocycles. The zero-order valence-corrected chi connectivity index (χ0v) is 19.8. The van der Waals surface area contributed by atoms with E-state index in [4.69, 9.17) is 0 Å². The molecule has 1 aromatic heterocycles. The van der Waals surface area contributed by atoms with E-state index in [1.165, 1.54) is 0 Å². The summed E-state index contributed by atoms with van der Waals surface area (Å²) in [6.07, 6.45) is 11.3. The minimum atomic E-state index is -1.11. The van der Waals surface area contributed by atoms with E-state index in [0.29, 0.717) is 31.9 Å². The number of benzene rings is 1. The zero-order chi connectivity index (χ0) is 24.3. The lowest BCUT2D eigenvalue weighted by Crippen LogP contribution is -2.43. The van der Waals surface area contributed by atoms with Gasteiger partial charge in [-0.05, 0) is 67.4 Å². The van der Waals surface area contributed by atoms with Crippen LogP contribution >= 0.6 is 0 Å². The first-order chi connectivity index (χ1) is 16.4. The zero-order valence-electron chi connectivity index (χ0n) is 19.8. The number of hydrogen-bond acceptors (Lipinski definition) is 5. The number of piperidine rings is 1. The number of nitrogens with zero attached hydrogens (tertiary/aromatic N) is 2. The van der Waals surface area contributed by atoms with E-state index in [1.807, 2.05) is 37.3 Å². The molecule has 0 radical (unpaired) electrons. The normalized spacial score (nSPS) is 26.1. The van der Waals surface area contributed by atoms with Gasteiger partial charge in [-0.25, -0.2) is 5.26 Å². The second-order valence-corrected chi connectivity index (χ2v) is 9.36. The molecule has 0 saturated carbocycles. The maximum Gasteiger partial charge on any atom is 0.268 e. The van der Waals surface area contributed by atoms with E-state index < -0.39 is 11.5 Å². The molecule has 174 valence electrons. The molecule has 4 rings (SSSR count). The molecule has 2 saturated heterocycles. The summed E-state index contributed by atoms with van der Waals surface area (Å²) in [7, 11) is 0. The molecule has 2 fully saturated rings. The van der Waals surface area contributed by atoms with Crippen LogP contribution in [0.1, 0.15) is 56.6 Å². The first-order valence-corrected chi connectivity index (χ1v) is 12.1. The fourth-order valence-electron chi connectivity index (χ4n) is 5.33. The van der Waals surface area contributed by atoms with Crippen LogP contribution < -0.4 is 5.32 Å². The molecule has 0 bridgehead atoms. The van der Waals surface area contributed by atoms with Gasteiger partial charge < -0.3 is 5.11 Å². The highest BCUT2D eigenvalue weighted by atomic mass is 16.3. The molecule has 1 aromatic carbocycles. The second kappa shape index (κ2) is 9.94. The number of pyridine rings is 1. The van der Waals surface area contributed by atoms with Crippen molar-refractivity contribution < 1.29 is 14.7 Å². The Kier molecular flexibility index (Phi) is 6.99. The van der Waals surface area contributed by atoms with Gasteiger partial charge in [-0.2, -0.15) is 0 Å². The van der Waals surface area contributed by atoms with E-state index >= 15 is 0 Å². The van der Waals surface area contributed by atoms with Gasteiger partial charge in [-0.3, -0.25) is 19.9 Å². The molecule has 2 aliphatic heterocycles. The minimum absolute atomic E-state index is 0.0866. The summed E-state index contributed by atoms with van der Waals surface area (Å²) < 4.78 is 0. The minimum Gasteiger partial charge on any atom is -0.385 e. The number of rotatable bonds is 5. The van der Waals surface area contributed by atoms with Crippen molar-refractivity contribution in [3.63, 3.8) is 0 Å². The average molecular weight is 455 g/mol. The molecule has 2 aromatic rings. The Balaban J connectivity index is 1.74. The van der Waals surface area contributed by atoms with E-state index in [9.17, 15) is 20.0 Å². The Labute approximate surface area is 200 Å². The number of aromatic nitrogens is 1. The lowest BCUT2D eigenvalue weighted by Gasteiger charge is -2.42. The molecule has 0 spiro atoms. The van der Waals surface area contributed by atoms with Crippen LogP contribution in [-0.2, 0) is 15.2 Å². The summed E-state index contributed by atoms with van der Waals surface area (Å²) in [6.45, 7) is 3.96. The van der Waals surface area contributed by atoms with Crippen molar-refractivity contribution in [2.75, 3.05) is 0 Å². The fraction of sp³-hybridized carbons (Fsp3) is 0.407. The number of amides is 2. The molecule has 3 atom stereocenters. The smallest absolute Gasteiger partial charge is 0.268 e. The third-order valence-corrected chi connectivity index (χ3v) is 7.28. The molecule has 34 heavy (non-hydrogen) atoms. The third-order valence-electron chi connectivity index (χ3n) is 7.28. The average Bonchev–Trinajstić information content (AvgIpc) is 2.84. The number of carbonyl (C=O) groups is 2. The molecule has 2 aliphatic rings. The van der Waals surface area contributed by atoms with E-state index in [0.717, 1.165) is 34.0 Å². The highest BCUT2D eigenvalue weighted by Gasteiger charge is 2.45. The first kappa shape index (κ1) is 23.9. The van der Waals surface area contributed by atoms with Gasteiger partial charge in [0.1, 0.15) is 0 Å². The Morgan fingerprint density at radius 3 is 2.91 bits per heavy atom. The van der Waals surface area contributed by atoms with Crippen molar-refractivity contribution in [2.24, 2.45) is 5.92 Å². The second-order valence-electron chi connectivity index (χ2n) is 9.36. The van der Waals surface area contributed by atoms with Crippen LogP contribution in [0.2, 0.25) is 12.6 Å². The Hall–Kier alpha value is -3.24. The van der Waals surface area contributed by atoms with Crippen LogP contribution in [0.5, 0.6) is 0 Å². The van der Waals surface area contributed by atoms with Gasteiger partial charge in [0, 0.05) is 29.9 Å². The Morgan fingerprint density at radius 1 is 1.38 bits per heavy atom. The number of carbonyl (C=O) groups excluding carboxylic acids is 2. The molecular formula is C27H30BN3O3. The maximum absolute atomic E-state index is 12.4. The van der Waals surface area contributed by atoms with Crippen molar-refractivity contribution in [1.82, 2.24) is 10.3 Å². The van der Waals surface area contributed by atoms with Gasteiger partial charge in [0.2, 0.25) is 11.8 Å². The van der Waals surface area contributed by atoms with E-state index in [-0.39, 0.29) is 24.4 Å². The number of allylic oxidation sites excluding steroid dienone is 3. The fourth-order valence-corrected chi connectivity index (χ4v) is 5.33. The van der Waals surface area contributed by atoms with Crippen molar-refractivity contribution >= 4 is 29.4 Å². The van der Waals surface area contributed by atoms with Crippen LogP contribution in [-0.4, -0.2) is 28.6 Å². The van der Waals surface area contributed by atoms with Gasteiger partial charge >= 0.3 is 0 Å². The van der Waals surface area contributed by atoms with Crippen LogP contribution in [0.15, 0.2) is 54.3 Å². The number of fused-ring (bicyclic) bond motifs is 1. The maximum atomic E-state index is 12.4. The largest absolute Gasteiger partial charge is 0.385 e. The number of nitrogens with one attached hydrogen (secondary N) is 1. The molecular weight excluding hydrogens is 425 g/mol. The predicted molar refractivity (Wildman–Crippen MR) is 133 cm³/mol. The van der Waals surface area contributed by atoms with Gasteiger partial charge in [0.25, 0.3) is 6.71 Å². The number of hydrogen-bond donors (Lipinski definition) is 2. The number of aliphatic hydroxyl groups is 1. The third kappa shape index (κ3) is 4.56. The van der Waals surface area contributed by atoms with Gasteiger partial charge in [0.05, 0.1) is 17.0 Å². The summed E-state index contributed by atoms with van der Waals surface area (Å²) in [5.41, 5.74) is 2.29. The Morgan fingerprint density at radius 2 is 2.21 bits per heavy atom. The molecule has 3 unspecified atom stereocenters. The molecule has 2 amide bonds. The van der Waals surface area contributed by atoms with Gasteiger partial charge in [0.15, 0.2) is 0 Å². The van der Waals surface area contributed by atoms with E-state index in [2.05, 4.69) is 35.3 Å². The highest BCUT2D eigenvalue weighted by molar-refractivity contribution is 6.67. The highest BCUT2D eigenvalue weighted by Crippen LogP contribution is 2.46. The van der Waals surface area contributed by atoms with Crippen LogP contribution in [0, 0.1) is 17.1 Å².